The maximum Gasteiger partial charge on any atom is 0.341 e. The number of aryl methyl sites for hydroxylation is 1. The predicted octanol–water partition coefficient (Wildman–Crippen LogP) is 3.96. The van der Waals surface area contributed by atoms with Crippen molar-refractivity contribution in [1.29, 1.82) is 0 Å². The van der Waals surface area contributed by atoms with Crippen LogP contribution in [0, 0.1) is 16.0 Å². The molecule has 0 saturated carbocycles. The van der Waals surface area contributed by atoms with Crippen LogP contribution in [0.5, 0.6) is 0 Å². The summed E-state index contributed by atoms with van der Waals surface area (Å²) >= 11 is 1.44. The van der Waals surface area contributed by atoms with Crippen LogP contribution in [0.15, 0.2) is 12.4 Å². The third-order valence-electron chi connectivity index (χ3n) is 5.23. The van der Waals surface area contributed by atoms with Gasteiger partial charge < -0.3 is 10.1 Å². The van der Waals surface area contributed by atoms with Crippen molar-refractivity contribution in [3.8, 4) is 0 Å². The summed E-state index contributed by atoms with van der Waals surface area (Å²) in [6.07, 6.45) is 6.74. The Hall–Kier alpha value is -2.75. The molecule has 2 atom stereocenters. The fourth-order valence-corrected chi connectivity index (χ4v) is 4.62. The minimum Gasteiger partial charge on any atom is -0.459 e. The van der Waals surface area contributed by atoms with Gasteiger partial charge in [0.15, 0.2) is 0 Å². The summed E-state index contributed by atoms with van der Waals surface area (Å²) < 4.78 is 6.93. The van der Waals surface area contributed by atoms with Crippen LogP contribution in [-0.2, 0) is 28.9 Å². The molecule has 0 aromatic carbocycles. The zero-order valence-electron chi connectivity index (χ0n) is 17.3. The number of nitrogens with zero attached hydrogens (tertiary/aromatic N) is 3. The van der Waals surface area contributed by atoms with Crippen molar-refractivity contribution in [3.05, 3.63) is 38.5 Å². The topological polar surface area (TPSA) is 116 Å². The maximum absolute atomic E-state index is 12.8. The highest BCUT2D eigenvalue weighted by atomic mass is 32.1. The first-order valence-electron chi connectivity index (χ1n) is 10.1. The predicted molar refractivity (Wildman–Crippen MR) is 113 cm³/mol. The van der Waals surface area contributed by atoms with Crippen LogP contribution < -0.4 is 5.32 Å². The van der Waals surface area contributed by atoms with Gasteiger partial charge in [-0.05, 0) is 44.6 Å². The van der Waals surface area contributed by atoms with E-state index in [0.717, 1.165) is 42.3 Å². The largest absolute Gasteiger partial charge is 0.459 e. The summed E-state index contributed by atoms with van der Waals surface area (Å²) in [5.41, 5.74) is 1.35. The molecule has 9 nitrogen and oxygen atoms in total. The quantitative estimate of drug-likeness (QED) is 0.382. The van der Waals surface area contributed by atoms with Gasteiger partial charge >= 0.3 is 11.7 Å². The van der Waals surface area contributed by atoms with Gasteiger partial charge in [0.2, 0.25) is 5.91 Å². The van der Waals surface area contributed by atoms with Crippen molar-refractivity contribution < 1.29 is 19.2 Å². The monoisotopic (exact) mass is 434 g/mol. The molecule has 0 saturated heterocycles. The first-order chi connectivity index (χ1) is 14.3. The Labute approximate surface area is 178 Å². The van der Waals surface area contributed by atoms with E-state index in [-0.39, 0.29) is 24.2 Å². The molecule has 1 aliphatic carbocycles. The average Bonchev–Trinajstić information content (AvgIpc) is 3.31. The molecule has 2 aromatic heterocycles. The van der Waals surface area contributed by atoms with Gasteiger partial charge in [-0.3, -0.25) is 19.6 Å². The molecular weight excluding hydrogens is 408 g/mol. The summed E-state index contributed by atoms with van der Waals surface area (Å²) in [6.45, 7) is 5.70. The van der Waals surface area contributed by atoms with Crippen molar-refractivity contribution in [2.45, 2.75) is 65.5 Å². The number of hydrogen-bond donors (Lipinski definition) is 1. The lowest BCUT2D eigenvalue weighted by Crippen LogP contribution is -2.25. The molecule has 1 N–H and O–H groups in total. The summed E-state index contributed by atoms with van der Waals surface area (Å²) in [6, 6.07) is 0. The minimum atomic E-state index is -0.528. The lowest BCUT2D eigenvalue weighted by molar-refractivity contribution is -0.385. The fraction of sp³-hybridized carbons (Fsp3) is 0.550. The lowest BCUT2D eigenvalue weighted by Gasteiger charge is -2.16. The molecule has 0 radical (unpaired) electrons. The molecule has 0 aliphatic heterocycles. The van der Waals surface area contributed by atoms with Crippen LogP contribution in [0.25, 0.3) is 0 Å². The lowest BCUT2D eigenvalue weighted by atomic mass is 9.95. The minimum absolute atomic E-state index is 0.122. The van der Waals surface area contributed by atoms with E-state index in [1.807, 2.05) is 13.8 Å². The van der Waals surface area contributed by atoms with Crippen LogP contribution in [-0.4, -0.2) is 32.7 Å². The molecule has 0 fully saturated rings. The number of hydrogen-bond acceptors (Lipinski definition) is 7. The zero-order chi connectivity index (χ0) is 21.8. The molecule has 1 amide bonds. The number of fused-ring (bicyclic) bond motifs is 1. The number of nitrogens with one attached hydrogen (secondary N) is 1. The van der Waals surface area contributed by atoms with Gasteiger partial charge in [-0.1, -0.05) is 13.8 Å². The third-order valence-corrected chi connectivity index (χ3v) is 6.44. The maximum atomic E-state index is 12.8. The van der Waals surface area contributed by atoms with Crippen molar-refractivity contribution >= 4 is 33.9 Å². The summed E-state index contributed by atoms with van der Waals surface area (Å²) in [4.78, 5) is 37.0. The van der Waals surface area contributed by atoms with E-state index < -0.39 is 16.8 Å². The van der Waals surface area contributed by atoms with E-state index in [2.05, 4.69) is 10.4 Å². The molecule has 1 aliphatic rings. The number of carbonyl (C=O) groups is 2. The third kappa shape index (κ3) is 4.86. The highest BCUT2D eigenvalue weighted by Crippen LogP contribution is 2.39. The van der Waals surface area contributed by atoms with E-state index in [9.17, 15) is 19.7 Å². The van der Waals surface area contributed by atoms with Crippen molar-refractivity contribution in [1.82, 2.24) is 9.78 Å². The molecule has 2 unspecified atom stereocenters. The molecule has 0 spiro atoms. The van der Waals surface area contributed by atoms with Crippen molar-refractivity contribution in [3.63, 3.8) is 0 Å². The van der Waals surface area contributed by atoms with Crippen LogP contribution in [0.4, 0.5) is 10.7 Å². The number of anilines is 1. The van der Waals surface area contributed by atoms with Gasteiger partial charge in [0, 0.05) is 4.88 Å². The second kappa shape index (κ2) is 9.38. The van der Waals surface area contributed by atoms with Gasteiger partial charge in [-0.15, -0.1) is 11.3 Å². The van der Waals surface area contributed by atoms with Gasteiger partial charge in [0.25, 0.3) is 0 Å². The van der Waals surface area contributed by atoms with Gasteiger partial charge in [-0.25, -0.2) is 4.79 Å². The molecular formula is C20H26N4O5S. The Morgan fingerprint density at radius 3 is 2.77 bits per heavy atom. The number of carbonyl (C=O) groups excluding carboxylic acids is 2. The zero-order valence-corrected chi connectivity index (χ0v) is 18.2. The summed E-state index contributed by atoms with van der Waals surface area (Å²) in [5, 5.41) is 18.2. The fourth-order valence-electron chi connectivity index (χ4n) is 3.34. The number of nitro groups is 1. The van der Waals surface area contributed by atoms with Crippen LogP contribution in [0.1, 0.15) is 60.8 Å². The van der Waals surface area contributed by atoms with Crippen LogP contribution >= 0.6 is 11.3 Å². The summed E-state index contributed by atoms with van der Waals surface area (Å²) in [7, 11) is 0. The molecule has 10 heteroatoms. The highest BCUT2D eigenvalue weighted by molar-refractivity contribution is 7.17. The Balaban J connectivity index is 1.77. The number of amides is 1. The van der Waals surface area contributed by atoms with Gasteiger partial charge in [0.1, 0.15) is 17.4 Å². The molecule has 3 rings (SSSR count). The van der Waals surface area contributed by atoms with Crippen molar-refractivity contribution in [2.24, 2.45) is 5.92 Å². The molecule has 2 aromatic rings. The van der Waals surface area contributed by atoms with Gasteiger partial charge in [-0.2, -0.15) is 5.10 Å². The van der Waals surface area contributed by atoms with Crippen LogP contribution in [0.2, 0.25) is 0 Å². The Morgan fingerprint density at radius 2 is 2.10 bits per heavy atom. The smallest absolute Gasteiger partial charge is 0.341 e. The van der Waals surface area contributed by atoms with Crippen LogP contribution in [0.3, 0.4) is 0 Å². The van der Waals surface area contributed by atoms with Crippen molar-refractivity contribution in [2.75, 3.05) is 5.32 Å². The highest BCUT2D eigenvalue weighted by Gasteiger charge is 2.29. The van der Waals surface area contributed by atoms with E-state index in [1.54, 1.807) is 6.92 Å². The number of rotatable bonds is 8. The molecule has 0 bridgehead atoms. The SMILES string of the molecule is CCC(C)OC(=O)c1c(NC(=O)C(C)Cn2cc([N+](=O)[O-])cn2)sc2c1CCCC2. The average molecular weight is 435 g/mol. The summed E-state index contributed by atoms with van der Waals surface area (Å²) in [5.74, 6) is -1.17. The second-order valence-electron chi connectivity index (χ2n) is 7.61. The molecule has 30 heavy (non-hydrogen) atoms. The van der Waals surface area contributed by atoms with Gasteiger partial charge in [0.05, 0.1) is 29.1 Å². The number of aromatic nitrogens is 2. The molecule has 162 valence electrons. The Morgan fingerprint density at radius 1 is 1.37 bits per heavy atom. The van der Waals surface area contributed by atoms with E-state index >= 15 is 0 Å². The molecule has 2 heterocycles. The number of ether oxygens (including phenoxy) is 1. The van der Waals surface area contributed by atoms with E-state index in [4.69, 9.17) is 4.74 Å². The first-order valence-corrected chi connectivity index (χ1v) is 10.9. The Bertz CT molecular complexity index is 951. The van der Waals surface area contributed by atoms with E-state index in [1.165, 1.54) is 22.2 Å². The standard InChI is InChI=1S/C20H26N4O5S/c1-4-13(3)29-20(26)17-15-7-5-6-8-16(15)30-19(17)22-18(25)12(2)10-23-11-14(9-21-23)24(27)28/h9,11-13H,4-8,10H2,1-3H3,(H,22,25). The number of thiophene rings is 1. The first kappa shape index (κ1) is 21.9. The normalized spacial score (nSPS) is 15.2. The number of esters is 1. The Kier molecular flexibility index (Phi) is 6.86. The van der Waals surface area contributed by atoms with E-state index in [0.29, 0.717) is 17.0 Å². The second-order valence-corrected chi connectivity index (χ2v) is 8.71.